The molecule has 0 rings (SSSR count). The molecule has 2 nitrogen and oxygen atoms in total. The fourth-order valence-corrected chi connectivity index (χ4v) is 2.36. The molecule has 0 aliphatic heterocycles. The Labute approximate surface area is 138 Å². The lowest BCUT2D eigenvalue weighted by atomic mass is 10.0. The molecule has 0 bridgehead atoms. The topological polar surface area (TPSA) is 52.0 Å². The minimum Gasteiger partial charge on any atom is -0.330 e. The van der Waals surface area contributed by atoms with Crippen LogP contribution in [0.4, 0.5) is 0 Å². The number of allylic oxidation sites excluding steroid dienone is 5. The fraction of sp³-hybridized carbons (Fsp3) is 0.700. The maximum Gasteiger partial charge on any atom is 0.00735 e. The first-order chi connectivity index (χ1) is 10.5. The maximum atomic E-state index is 6.12. The summed E-state index contributed by atoms with van der Waals surface area (Å²) in [6.07, 6.45) is 16.0. The molecule has 1 atom stereocenters. The summed E-state index contributed by atoms with van der Waals surface area (Å²) in [6, 6.07) is 0.294. The van der Waals surface area contributed by atoms with Crippen molar-refractivity contribution in [2.24, 2.45) is 11.5 Å². The van der Waals surface area contributed by atoms with Crippen LogP contribution < -0.4 is 11.5 Å². The fourth-order valence-electron chi connectivity index (χ4n) is 2.36. The van der Waals surface area contributed by atoms with Crippen LogP contribution in [-0.2, 0) is 0 Å². The Hall–Kier alpha value is -0.860. The average molecular weight is 307 g/mol. The highest BCUT2D eigenvalue weighted by atomic mass is 14.6. The number of nitrogens with two attached hydrogens (primary N) is 2. The maximum absolute atomic E-state index is 6.12. The van der Waals surface area contributed by atoms with Crippen molar-refractivity contribution in [3.8, 4) is 0 Å². The predicted molar refractivity (Wildman–Crippen MR) is 101 cm³/mol. The third-order valence-electron chi connectivity index (χ3n) is 3.92. The van der Waals surface area contributed by atoms with Gasteiger partial charge in [-0.3, -0.25) is 0 Å². The van der Waals surface area contributed by atoms with Crippen LogP contribution in [0, 0.1) is 0 Å². The van der Waals surface area contributed by atoms with Crippen LogP contribution in [0.5, 0.6) is 0 Å². The Balaban J connectivity index is 3.88. The van der Waals surface area contributed by atoms with Crippen LogP contribution in [0.25, 0.3) is 0 Å². The molecule has 128 valence electrons. The predicted octanol–water partition coefficient (Wildman–Crippen LogP) is 5.25. The summed E-state index contributed by atoms with van der Waals surface area (Å²) in [4.78, 5) is 0. The molecule has 0 aromatic carbocycles. The molecular weight excluding hydrogens is 268 g/mol. The van der Waals surface area contributed by atoms with E-state index in [1.165, 1.54) is 23.1 Å². The normalized spacial score (nSPS) is 14.1. The quantitative estimate of drug-likeness (QED) is 0.382. The van der Waals surface area contributed by atoms with Crippen LogP contribution in [0.3, 0.4) is 0 Å². The van der Waals surface area contributed by atoms with Crippen molar-refractivity contribution in [2.75, 3.05) is 6.54 Å². The summed E-state index contributed by atoms with van der Waals surface area (Å²) < 4.78 is 0. The lowest BCUT2D eigenvalue weighted by Gasteiger charge is -2.09. The van der Waals surface area contributed by atoms with Crippen molar-refractivity contribution in [2.45, 2.75) is 85.1 Å². The van der Waals surface area contributed by atoms with E-state index >= 15 is 0 Å². The average Bonchev–Trinajstić information content (AvgIpc) is 2.45. The highest BCUT2D eigenvalue weighted by Gasteiger charge is 2.00. The van der Waals surface area contributed by atoms with E-state index in [0.29, 0.717) is 6.04 Å². The Morgan fingerprint density at radius 1 is 0.864 bits per heavy atom. The zero-order valence-corrected chi connectivity index (χ0v) is 15.3. The summed E-state index contributed by atoms with van der Waals surface area (Å²) in [5, 5.41) is 0. The lowest BCUT2D eigenvalue weighted by Crippen LogP contribution is -2.19. The van der Waals surface area contributed by atoms with Gasteiger partial charge in [0.05, 0.1) is 0 Å². The summed E-state index contributed by atoms with van der Waals surface area (Å²) in [5.41, 5.74) is 16.0. The number of unbranched alkanes of at least 4 members (excludes halogenated alkanes) is 1. The highest BCUT2D eigenvalue weighted by molar-refractivity contribution is 5.05. The van der Waals surface area contributed by atoms with Crippen LogP contribution in [-0.4, -0.2) is 12.6 Å². The summed E-state index contributed by atoms with van der Waals surface area (Å²) in [7, 11) is 0. The van der Waals surface area contributed by atoms with Crippen LogP contribution in [0.15, 0.2) is 34.9 Å². The van der Waals surface area contributed by atoms with Gasteiger partial charge in [0.1, 0.15) is 0 Å². The number of hydrogen-bond donors (Lipinski definition) is 2. The van der Waals surface area contributed by atoms with Crippen molar-refractivity contribution in [3.63, 3.8) is 0 Å². The van der Waals surface area contributed by atoms with Gasteiger partial charge in [-0.25, -0.2) is 0 Å². The van der Waals surface area contributed by atoms with Gasteiger partial charge in [0, 0.05) is 6.04 Å². The van der Waals surface area contributed by atoms with Crippen molar-refractivity contribution in [3.05, 3.63) is 34.9 Å². The molecule has 0 heterocycles. The summed E-state index contributed by atoms with van der Waals surface area (Å²) in [5.74, 6) is 0. The van der Waals surface area contributed by atoms with Crippen molar-refractivity contribution < 1.29 is 0 Å². The molecule has 0 aromatic heterocycles. The molecule has 0 spiro atoms. The second-order valence-electron chi connectivity index (χ2n) is 6.74. The van der Waals surface area contributed by atoms with Crippen molar-refractivity contribution in [1.82, 2.24) is 0 Å². The van der Waals surface area contributed by atoms with Gasteiger partial charge in [-0.2, -0.15) is 0 Å². The van der Waals surface area contributed by atoms with Crippen LogP contribution >= 0.6 is 0 Å². The molecule has 0 aliphatic carbocycles. The van der Waals surface area contributed by atoms with Crippen molar-refractivity contribution in [1.29, 1.82) is 0 Å². The SMILES string of the molecule is CC(C)=CCC/C(C)=C/CC/C(C)=C/CC(N)CCCCN. The minimum absolute atomic E-state index is 0.294. The monoisotopic (exact) mass is 306 g/mol. The molecule has 4 N–H and O–H groups in total. The molecule has 0 amide bonds. The van der Waals surface area contributed by atoms with E-state index in [2.05, 4.69) is 45.9 Å². The Kier molecular flexibility index (Phi) is 13.2. The first-order valence-corrected chi connectivity index (χ1v) is 8.86. The first-order valence-electron chi connectivity index (χ1n) is 8.86. The van der Waals surface area contributed by atoms with E-state index in [4.69, 9.17) is 11.5 Å². The van der Waals surface area contributed by atoms with Gasteiger partial charge in [-0.15, -0.1) is 0 Å². The molecule has 0 aliphatic rings. The largest absolute Gasteiger partial charge is 0.330 e. The molecule has 2 heteroatoms. The van der Waals surface area contributed by atoms with Gasteiger partial charge in [-0.05, 0) is 79.2 Å². The van der Waals surface area contributed by atoms with E-state index in [9.17, 15) is 0 Å². The van der Waals surface area contributed by atoms with Crippen LogP contribution in [0.2, 0.25) is 0 Å². The summed E-state index contributed by atoms with van der Waals surface area (Å²) in [6.45, 7) is 9.56. The number of rotatable bonds is 12. The van der Waals surface area contributed by atoms with Gasteiger partial charge in [0.25, 0.3) is 0 Å². The standard InChI is InChI=1S/C20H38N2/c1-17(2)9-7-10-18(3)11-8-12-19(4)14-15-20(22)13-5-6-16-21/h9,11,14,20H,5-8,10,12-13,15-16,21-22H2,1-4H3/b18-11+,19-14+. The molecule has 0 saturated carbocycles. The smallest absolute Gasteiger partial charge is 0.00735 e. The third kappa shape index (κ3) is 14.1. The Morgan fingerprint density at radius 3 is 2.05 bits per heavy atom. The molecule has 0 radical (unpaired) electrons. The molecular formula is C20H38N2. The van der Waals surface area contributed by atoms with Gasteiger partial charge in [0.2, 0.25) is 0 Å². The summed E-state index contributed by atoms with van der Waals surface area (Å²) >= 11 is 0. The first kappa shape index (κ1) is 21.1. The van der Waals surface area contributed by atoms with Gasteiger partial charge >= 0.3 is 0 Å². The van der Waals surface area contributed by atoms with Gasteiger partial charge in [-0.1, -0.05) is 41.4 Å². The van der Waals surface area contributed by atoms with Gasteiger partial charge in [0.15, 0.2) is 0 Å². The zero-order chi connectivity index (χ0) is 16.8. The molecule has 0 saturated heterocycles. The second kappa shape index (κ2) is 13.8. The van der Waals surface area contributed by atoms with E-state index in [0.717, 1.165) is 51.5 Å². The van der Waals surface area contributed by atoms with Crippen molar-refractivity contribution >= 4 is 0 Å². The van der Waals surface area contributed by atoms with Gasteiger partial charge < -0.3 is 11.5 Å². The van der Waals surface area contributed by atoms with E-state index < -0.39 is 0 Å². The zero-order valence-electron chi connectivity index (χ0n) is 15.3. The second-order valence-corrected chi connectivity index (χ2v) is 6.74. The molecule has 22 heavy (non-hydrogen) atoms. The minimum atomic E-state index is 0.294. The molecule has 1 unspecified atom stereocenters. The molecule has 0 fully saturated rings. The van der Waals surface area contributed by atoms with E-state index in [1.807, 2.05) is 0 Å². The Bertz CT molecular complexity index is 360. The number of hydrogen-bond acceptors (Lipinski definition) is 2. The molecule has 0 aromatic rings. The Morgan fingerprint density at radius 2 is 1.45 bits per heavy atom. The highest BCUT2D eigenvalue weighted by Crippen LogP contribution is 2.12. The van der Waals surface area contributed by atoms with E-state index in [1.54, 1.807) is 0 Å². The third-order valence-corrected chi connectivity index (χ3v) is 3.92. The van der Waals surface area contributed by atoms with E-state index in [-0.39, 0.29) is 0 Å². The lowest BCUT2D eigenvalue weighted by molar-refractivity contribution is 0.570. The van der Waals surface area contributed by atoms with Crippen LogP contribution in [0.1, 0.15) is 79.1 Å².